The van der Waals surface area contributed by atoms with Gasteiger partial charge in [-0.3, -0.25) is 5.43 Å². The number of hydrazine groups is 1. The van der Waals surface area contributed by atoms with Crippen LogP contribution in [0.4, 0.5) is 0 Å². The minimum Gasteiger partial charge on any atom is -0.383 e. The van der Waals surface area contributed by atoms with Crippen molar-refractivity contribution in [3.05, 3.63) is 0 Å². The van der Waals surface area contributed by atoms with Crippen molar-refractivity contribution in [2.45, 2.75) is 25.7 Å². The van der Waals surface area contributed by atoms with Crippen molar-refractivity contribution in [3.8, 4) is 0 Å². The van der Waals surface area contributed by atoms with Crippen LogP contribution in [0.2, 0.25) is 0 Å². The second-order valence-electron chi connectivity index (χ2n) is 3.74. The van der Waals surface area contributed by atoms with Crippen molar-refractivity contribution in [1.29, 1.82) is 0 Å². The van der Waals surface area contributed by atoms with E-state index in [2.05, 4.69) is 15.3 Å². The minimum atomic E-state index is 0.638. The van der Waals surface area contributed by atoms with Gasteiger partial charge < -0.3 is 9.64 Å². The molecule has 1 heterocycles. The summed E-state index contributed by atoms with van der Waals surface area (Å²) in [6.07, 6.45) is 5.08. The normalized spacial score (nSPS) is 18.8. The summed E-state index contributed by atoms with van der Waals surface area (Å²) >= 11 is 0. The third-order valence-electron chi connectivity index (χ3n) is 2.59. The van der Waals surface area contributed by atoms with Crippen molar-refractivity contribution in [3.63, 3.8) is 0 Å². The molecule has 0 atom stereocenters. The van der Waals surface area contributed by atoms with E-state index in [9.17, 15) is 0 Å². The fraction of sp³-hybridized carbons (Fsp3) is 0.900. The van der Waals surface area contributed by atoms with Crippen LogP contribution in [0.1, 0.15) is 25.7 Å². The summed E-state index contributed by atoms with van der Waals surface area (Å²) in [4.78, 5) is 6.60. The zero-order valence-electron chi connectivity index (χ0n) is 9.54. The maximum Gasteiger partial charge on any atom is 0.208 e. The lowest BCUT2D eigenvalue weighted by Crippen LogP contribution is -2.45. The van der Waals surface area contributed by atoms with Crippen molar-refractivity contribution >= 4 is 5.96 Å². The highest BCUT2D eigenvalue weighted by Crippen LogP contribution is 2.09. The maximum atomic E-state index is 5.47. The van der Waals surface area contributed by atoms with E-state index in [0.29, 0.717) is 13.2 Å². The van der Waals surface area contributed by atoms with Crippen LogP contribution >= 0.6 is 0 Å². The van der Waals surface area contributed by atoms with E-state index in [1.54, 1.807) is 7.11 Å². The van der Waals surface area contributed by atoms with Crippen molar-refractivity contribution in [1.82, 2.24) is 10.3 Å². The molecule has 5 nitrogen and oxygen atoms in total. The first-order valence-electron chi connectivity index (χ1n) is 5.63. The van der Waals surface area contributed by atoms with Gasteiger partial charge in [0.25, 0.3) is 0 Å². The molecule has 0 spiro atoms. The first kappa shape index (κ1) is 12.3. The fourth-order valence-corrected chi connectivity index (χ4v) is 1.76. The summed E-state index contributed by atoms with van der Waals surface area (Å²) in [6, 6.07) is 0. The molecule has 0 aromatic rings. The minimum absolute atomic E-state index is 0.638. The number of nitrogens with two attached hydrogens (primary N) is 1. The van der Waals surface area contributed by atoms with Crippen LogP contribution in [0.3, 0.4) is 0 Å². The highest BCUT2D eigenvalue weighted by Gasteiger charge is 2.12. The number of aliphatic imine (C=N–C) groups is 1. The molecule has 1 saturated heterocycles. The average Bonchev–Trinajstić information content (AvgIpc) is 2.53. The topological polar surface area (TPSA) is 62.9 Å². The molecule has 5 heteroatoms. The van der Waals surface area contributed by atoms with Crippen molar-refractivity contribution < 1.29 is 4.74 Å². The van der Waals surface area contributed by atoms with Crippen molar-refractivity contribution in [2.24, 2.45) is 10.8 Å². The Morgan fingerprint density at radius 2 is 2.00 bits per heavy atom. The van der Waals surface area contributed by atoms with Crippen LogP contribution < -0.4 is 11.3 Å². The number of guanidine groups is 1. The van der Waals surface area contributed by atoms with Crippen molar-refractivity contribution in [2.75, 3.05) is 33.4 Å². The number of methoxy groups -OCH3 is 1. The number of nitrogens with zero attached hydrogens (tertiary/aromatic N) is 2. The summed E-state index contributed by atoms with van der Waals surface area (Å²) in [5, 5.41) is 0. The van der Waals surface area contributed by atoms with Gasteiger partial charge in [-0.2, -0.15) is 0 Å². The monoisotopic (exact) mass is 214 g/mol. The Morgan fingerprint density at radius 3 is 2.53 bits per heavy atom. The summed E-state index contributed by atoms with van der Waals surface area (Å²) in [5.41, 5.74) is 2.68. The Balaban J connectivity index is 2.43. The lowest BCUT2D eigenvalue weighted by atomic mass is 10.2. The zero-order chi connectivity index (χ0) is 10.9. The number of rotatable bonds is 3. The summed E-state index contributed by atoms with van der Waals surface area (Å²) in [6.45, 7) is 3.40. The van der Waals surface area contributed by atoms with Gasteiger partial charge in [-0.1, -0.05) is 12.8 Å². The molecule has 0 radical (unpaired) electrons. The smallest absolute Gasteiger partial charge is 0.208 e. The summed E-state index contributed by atoms with van der Waals surface area (Å²) in [7, 11) is 1.68. The van der Waals surface area contributed by atoms with Gasteiger partial charge in [-0.25, -0.2) is 10.8 Å². The first-order chi connectivity index (χ1) is 7.38. The van der Waals surface area contributed by atoms with Crippen LogP contribution in [0.5, 0.6) is 0 Å². The van der Waals surface area contributed by atoms with Gasteiger partial charge in [0.1, 0.15) is 0 Å². The maximum absolute atomic E-state index is 5.47. The van der Waals surface area contributed by atoms with Gasteiger partial charge >= 0.3 is 0 Å². The lowest BCUT2D eigenvalue weighted by Gasteiger charge is -2.23. The summed E-state index contributed by atoms with van der Waals surface area (Å²) in [5.74, 6) is 6.27. The molecule has 1 fully saturated rings. The number of hydrogen-bond acceptors (Lipinski definition) is 3. The second-order valence-corrected chi connectivity index (χ2v) is 3.74. The van der Waals surface area contributed by atoms with Crippen LogP contribution in [-0.2, 0) is 4.74 Å². The van der Waals surface area contributed by atoms with E-state index < -0.39 is 0 Å². The molecule has 0 aromatic heterocycles. The zero-order valence-corrected chi connectivity index (χ0v) is 9.54. The fourth-order valence-electron chi connectivity index (χ4n) is 1.76. The third-order valence-corrected chi connectivity index (χ3v) is 2.59. The standard InChI is InChI=1S/C10H22N4O/c1-15-9-6-12-10(13-11)14-7-4-2-3-5-8-14/h2-9,11H2,1H3,(H,12,13). The molecule has 0 saturated carbocycles. The molecule has 0 unspecified atom stereocenters. The van der Waals surface area contributed by atoms with Crippen LogP contribution in [0, 0.1) is 0 Å². The molecular formula is C10H22N4O. The van der Waals surface area contributed by atoms with E-state index >= 15 is 0 Å². The molecule has 1 rings (SSSR count). The molecule has 3 N–H and O–H groups in total. The van der Waals surface area contributed by atoms with Gasteiger partial charge in [0.2, 0.25) is 5.96 Å². The number of hydrogen-bond donors (Lipinski definition) is 2. The predicted octanol–water partition coefficient (Wildman–Crippen LogP) is 0.328. The van der Waals surface area contributed by atoms with Crippen LogP contribution in [0.25, 0.3) is 0 Å². The molecule has 15 heavy (non-hydrogen) atoms. The third kappa shape index (κ3) is 4.48. The highest BCUT2D eigenvalue weighted by molar-refractivity contribution is 5.79. The first-order valence-corrected chi connectivity index (χ1v) is 5.63. The van der Waals surface area contributed by atoms with E-state index in [-0.39, 0.29) is 0 Å². The Morgan fingerprint density at radius 1 is 1.33 bits per heavy atom. The lowest BCUT2D eigenvalue weighted by molar-refractivity contribution is 0.207. The quantitative estimate of drug-likeness (QED) is 0.234. The molecular weight excluding hydrogens is 192 g/mol. The van der Waals surface area contributed by atoms with Crippen LogP contribution in [-0.4, -0.2) is 44.2 Å². The largest absolute Gasteiger partial charge is 0.383 e. The van der Waals surface area contributed by atoms with E-state index in [1.807, 2.05) is 0 Å². The van der Waals surface area contributed by atoms with E-state index in [1.165, 1.54) is 25.7 Å². The molecule has 88 valence electrons. The molecule has 0 bridgehead atoms. The Bertz CT molecular complexity index is 188. The molecule has 0 aromatic carbocycles. The van der Waals surface area contributed by atoms with E-state index in [0.717, 1.165) is 19.0 Å². The Hall–Kier alpha value is -0.810. The van der Waals surface area contributed by atoms with Gasteiger partial charge in [0, 0.05) is 20.2 Å². The molecule has 0 aliphatic carbocycles. The number of ether oxygens (including phenoxy) is 1. The average molecular weight is 214 g/mol. The molecule has 1 aliphatic rings. The molecule has 1 aliphatic heterocycles. The Labute approximate surface area is 91.6 Å². The number of nitrogens with one attached hydrogen (secondary N) is 1. The van der Waals surface area contributed by atoms with Gasteiger partial charge in [-0.05, 0) is 12.8 Å². The Kier molecular flexibility index (Phi) is 6.11. The second kappa shape index (κ2) is 7.48. The summed E-state index contributed by atoms with van der Waals surface area (Å²) < 4.78 is 4.95. The van der Waals surface area contributed by atoms with E-state index in [4.69, 9.17) is 10.6 Å². The SMILES string of the molecule is COCCN=C(NN)N1CCCCCC1. The van der Waals surface area contributed by atoms with Crippen LogP contribution in [0.15, 0.2) is 4.99 Å². The van der Waals surface area contributed by atoms with Gasteiger partial charge in [0.15, 0.2) is 0 Å². The predicted molar refractivity (Wildman–Crippen MR) is 61.5 cm³/mol. The molecule has 0 amide bonds. The highest BCUT2D eigenvalue weighted by atomic mass is 16.5. The van der Waals surface area contributed by atoms with Gasteiger partial charge in [0.05, 0.1) is 13.2 Å². The van der Waals surface area contributed by atoms with Gasteiger partial charge in [-0.15, -0.1) is 0 Å². The number of likely N-dealkylation sites (tertiary alicyclic amines) is 1.